The molecule has 1 saturated carbocycles. The van der Waals surface area contributed by atoms with E-state index in [1.807, 2.05) is 11.8 Å². The fraction of sp³-hybridized carbons (Fsp3) is 0.571. The highest BCUT2D eigenvalue weighted by Gasteiger charge is 2.27. The van der Waals surface area contributed by atoms with Crippen LogP contribution in [0.3, 0.4) is 0 Å². The van der Waals surface area contributed by atoms with E-state index in [4.69, 9.17) is 0 Å². The van der Waals surface area contributed by atoms with Crippen LogP contribution in [0.4, 0.5) is 0 Å². The molecule has 0 radical (unpaired) electrons. The maximum absolute atomic E-state index is 3.68. The molecule has 0 bridgehead atoms. The van der Waals surface area contributed by atoms with Crippen LogP contribution >= 0.6 is 11.8 Å². The van der Waals surface area contributed by atoms with Crippen LogP contribution in [0, 0.1) is 0 Å². The van der Waals surface area contributed by atoms with Crippen molar-refractivity contribution in [3.63, 3.8) is 0 Å². The Morgan fingerprint density at radius 3 is 2.81 bits per heavy atom. The van der Waals surface area contributed by atoms with Gasteiger partial charge in [-0.05, 0) is 37.9 Å². The molecule has 1 aromatic carbocycles. The second-order valence-electron chi connectivity index (χ2n) is 4.46. The van der Waals surface area contributed by atoms with Gasteiger partial charge in [0.05, 0.1) is 0 Å². The van der Waals surface area contributed by atoms with Crippen LogP contribution in [0.25, 0.3) is 0 Å². The lowest BCUT2D eigenvalue weighted by atomic mass is 10.2. The van der Waals surface area contributed by atoms with Crippen LogP contribution in [-0.4, -0.2) is 17.8 Å². The van der Waals surface area contributed by atoms with Crippen molar-refractivity contribution in [3.8, 4) is 0 Å². The number of hydrogen-bond donors (Lipinski definition) is 1. The molecule has 0 amide bonds. The topological polar surface area (TPSA) is 12.0 Å². The first-order valence-corrected chi connectivity index (χ1v) is 7.23. The summed E-state index contributed by atoms with van der Waals surface area (Å²) in [5.41, 5.74) is 0. The lowest BCUT2D eigenvalue weighted by Gasteiger charge is -2.20. The average molecular weight is 235 g/mol. The molecule has 88 valence electrons. The molecule has 1 nitrogen and oxygen atoms in total. The van der Waals surface area contributed by atoms with Crippen molar-refractivity contribution in [1.29, 1.82) is 0 Å². The summed E-state index contributed by atoms with van der Waals surface area (Å²) in [6.45, 7) is 3.40. The van der Waals surface area contributed by atoms with Gasteiger partial charge in [-0.1, -0.05) is 31.5 Å². The van der Waals surface area contributed by atoms with Gasteiger partial charge in [-0.3, -0.25) is 0 Å². The Hall–Kier alpha value is -0.470. The van der Waals surface area contributed by atoms with Crippen LogP contribution < -0.4 is 5.32 Å². The monoisotopic (exact) mass is 235 g/mol. The Bertz CT molecular complexity index is 299. The molecule has 0 heterocycles. The molecule has 2 rings (SSSR count). The summed E-state index contributed by atoms with van der Waals surface area (Å²) < 4.78 is 0. The molecule has 16 heavy (non-hydrogen) atoms. The summed E-state index contributed by atoms with van der Waals surface area (Å²) in [6.07, 6.45) is 5.33. The Morgan fingerprint density at radius 2 is 2.06 bits per heavy atom. The second kappa shape index (κ2) is 6.31. The van der Waals surface area contributed by atoms with E-state index < -0.39 is 0 Å². The Balaban J connectivity index is 1.88. The smallest absolute Gasteiger partial charge is 0.0248 e. The van der Waals surface area contributed by atoms with Crippen molar-refractivity contribution in [3.05, 3.63) is 30.3 Å². The van der Waals surface area contributed by atoms with Gasteiger partial charge in [-0.15, -0.1) is 11.8 Å². The summed E-state index contributed by atoms with van der Waals surface area (Å²) in [6, 6.07) is 11.5. The van der Waals surface area contributed by atoms with Crippen LogP contribution in [-0.2, 0) is 0 Å². The quantitative estimate of drug-likeness (QED) is 0.835. The average Bonchev–Trinajstić information content (AvgIpc) is 2.75. The molecular weight excluding hydrogens is 214 g/mol. The fourth-order valence-electron chi connectivity index (χ4n) is 2.30. The van der Waals surface area contributed by atoms with E-state index in [1.54, 1.807) is 0 Å². The molecule has 0 spiro atoms. The van der Waals surface area contributed by atoms with Gasteiger partial charge in [0.1, 0.15) is 0 Å². The SMILES string of the molecule is CCCNC1CCCC1Sc1ccccc1. The number of rotatable bonds is 5. The van der Waals surface area contributed by atoms with E-state index in [-0.39, 0.29) is 0 Å². The largest absolute Gasteiger partial charge is 0.313 e. The highest BCUT2D eigenvalue weighted by Crippen LogP contribution is 2.34. The minimum absolute atomic E-state index is 0.727. The van der Waals surface area contributed by atoms with Crippen molar-refractivity contribution in [2.45, 2.75) is 48.8 Å². The minimum atomic E-state index is 0.727. The third-order valence-corrected chi connectivity index (χ3v) is 4.55. The number of benzene rings is 1. The van der Waals surface area contributed by atoms with Gasteiger partial charge in [0.15, 0.2) is 0 Å². The predicted molar refractivity (Wildman–Crippen MR) is 72.0 cm³/mol. The molecule has 1 N–H and O–H groups in total. The molecule has 2 unspecified atom stereocenters. The van der Waals surface area contributed by atoms with Gasteiger partial charge in [-0.25, -0.2) is 0 Å². The predicted octanol–water partition coefficient (Wildman–Crippen LogP) is 3.70. The van der Waals surface area contributed by atoms with Gasteiger partial charge < -0.3 is 5.32 Å². The summed E-state index contributed by atoms with van der Waals surface area (Å²) in [7, 11) is 0. The molecule has 0 aromatic heterocycles. The van der Waals surface area contributed by atoms with Crippen molar-refractivity contribution in [2.24, 2.45) is 0 Å². The summed E-state index contributed by atoms with van der Waals surface area (Å²) in [5, 5.41) is 4.45. The number of hydrogen-bond acceptors (Lipinski definition) is 2. The third kappa shape index (κ3) is 3.26. The molecular formula is C14H21NS. The van der Waals surface area contributed by atoms with E-state index in [1.165, 1.54) is 30.6 Å². The first-order chi connectivity index (χ1) is 7.90. The zero-order valence-electron chi connectivity index (χ0n) is 9.99. The van der Waals surface area contributed by atoms with Gasteiger partial charge in [0, 0.05) is 16.2 Å². The van der Waals surface area contributed by atoms with E-state index >= 15 is 0 Å². The minimum Gasteiger partial charge on any atom is -0.313 e. The lowest BCUT2D eigenvalue weighted by molar-refractivity contribution is 0.531. The summed E-state index contributed by atoms with van der Waals surface area (Å²) in [4.78, 5) is 1.41. The van der Waals surface area contributed by atoms with Gasteiger partial charge in [0.2, 0.25) is 0 Å². The molecule has 1 fully saturated rings. The number of thioether (sulfide) groups is 1. The summed E-state index contributed by atoms with van der Waals surface area (Å²) in [5.74, 6) is 0. The van der Waals surface area contributed by atoms with E-state index in [9.17, 15) is 0 Å². The third-order valence-electron chi connectivity index (χ3n) is 3.14. The molecule has 0 aliphatic heterocycles. The molecule has 1 aliphatic carbocycles. The second-order valence-corrected chi connectivity index (χ2v) is 5.77. The maximum Gasteiger partial charge on any atom is 0.0248 e. The van der Waals surface area contributed by atoms with Crippen molar-refractivity contribution in [1.82, 2.24) is 5.32 Å². The van der Waals surface area contributed by atoms with Gasteiger partial charge in [0.25, 0.3) is 0 Å². The van der Waals surface area contributed by atoms with Crippen molar-refractivity contribution in [2.75, 3.05) is 6.54 Å². The maximum atomic E-state index is 3.68. The highest BCUT2D eigenvalue weighted by molar-refractivity contribution is 8.00. The zero-order valence-corrected chi connectivity index (χ0v) is 10.8. The normalized spacial score (nSPS) is 24.8. The molecule has 1 aliphatic rings. The highest BCUT2D eigenvalue weighted by atomic mass is 32.2. The molecule has 2 heteroatoms. The van der Waals surface area contributed by atoms with Gasteiger partial charge >= 0.3 is 0 Å². The first-order valence-electron chi connectivity index (χ1n) is 6.35. The van der Waals surface area contributed by atoms with Crippen LogP contribution in [0.5, 0.6) is 0 Å². The van der Waals surface area contributed by atoms with Crippen LogP contribution in [0.1, 0.15) is 32.6 Å². The first kappa shape index (κ1) is 12.0. The summed E-state index contributed by atoms with van der Waals surface area (Å²) >= 11 is 2.05. The Labute approximate surface area is 103 Å². The standard InChI is InChI=1S/C14H21NS/c1-2-11-15-13-9-6-10-14(13)16-12-7-4-3-5-8-12/h3-5,7-8,13-15H,2,6,9-11H2,1H3. The van der Waals surface area contributed by atoms with Crippen LogP contribution in [0.2, 0.25) is 0 Å². The fourth-order valence-corrected chi connectivity index (χ4v) is 3.65. The van der Waals surface area contributed by atoms with E-state index in [2.05, 4.69) is 42.6 Å². The molecule has 1 aromatic rings. The number of nitrogens with one attached hydrogen (secondary N) is 1. The molecule has 2 atom stereocenters. The Kier molecular flexibility index (Phi) is 4.73. The van der Waals surface area contributed by atoms with E-state index in [0.717, 1.165) is 17.8 Å². The van der Waals surface area contributed by atoms with Gasteiger partial charge in [-0.2, -0.15) is 0 Å². The van der Waals surface area contributed by atoms with E-state index in [0.29, 0.717) is 0 Å². The lowest BCUT2D eigenvalue weighted by Crippen LogP contribution is -2.34. The molecule has 0 saturated heterocycles. The van der Waals surface area contributed by atoms with Crippen LogP contribution in [0.15, 0.2) is 35.2 Å². The Morgan fingerprint density at radius 1 is 1.25 bits per heavy atom. The zero-order chi connectivity index (χ0) is 11.2. The van der Waals surface area contributed by atoms with Crippen molar-refractivity contribution < 1.29 is 0 Å². The van der Waals surface area contributed by atoms with Crippen molar-refractivity contribution >= 4 is 11.8 Å².